The van der Waals surface area contributed by atoms with Crippen molar-refractivity contribution in [1.82, 2.24) is 0 Å². The quantitative estimate of drug-likeness (QED) is 0.911. The minimum absolute atomic E-state index is 0.494. The van der Waals surface area contributed by atoms with Crippen molar-refractivity contribution in [2.75, 3.05) is 11.9 Å². The van der Waals surface area contributed by atoms with Crippen LogP contribution >= 0.6 is 15.9 Å². The van der Waals surface area contributed by atoms with Crippen molar-refractivity contribution in [3.8, 4) is 6.07 Å². The first-order valence-corrected chi connectivity index (χ1v) is 7.48. The molecule has 4 heteroatoms. The Kier molecular flexibility index (Phi) is 5.00. The van der Waals surface area contributed by atoms with Crippen molar-refractivity contribution in [2.24, 2.45) is 0 Å². The summed E-state index contributed by atoms with van der Waals surface area (Å²) in [7, 11) is 2.00. The minimum Gasteiger partial charge on any atom is -0.389 e. The van der Waals surface area contributed by atoms with E-state index in [2.05, 4.69) is 26.9 Å². The Morgan fingerprint density at radius 1 is 1.29 bits per heavy atom. The molecule has 0 bridgehead atoms. The molecule has 2 aromatic carbocycles. The molecule has 2 aromatic rings. The standard InChI is InChI=1S/C17H17BrN2O/c1-12(21)16-7-6-15(9-17(16)18)20(2)11-14-5-3-4-13(8-14)10-19/h3-9,12,21H,11H2,1-2H3/t12-/m0/s1. The smallest absolute Gasteiger partial charge is 0.0991 e. The van der Waals surface area contributed by atoms with Gasteiger partial charge in [-0.05, 0) is 42.3 Å². The van der Waals surface area contributed by atoms with Crippen LogP contribution in [0.2, 0.25) is 0 Å². The molecule has 1 atom stereocenters. The zero-order valence-corrected chi connectivity index (χ0v) is 13.6. The SMILES string of the molecule is C[C@H](O)c1ccc(N(C)Cc2cccc(C#N)c2)cc1Br. The summed E-state index contributed by atoms with van der Waals surface area (Å²) in [5, 5.41) is 18.6. The number of nitriles is 1. The molecule has 0 spiro atoms. The van der Waals surface area contributed by atoms with Crippen LogP contribution in [0.25, 0.3) is 0 Å². The molecule has 0 heterocycles. The molecule has 108 valence electrons. The first kappa shape index (κ1) is 15.6. The number of hydrogen-bond donors (Lipinski definition) is 1. The number of benzene rings is 2. The lowest BCUT2D eigenvalue weighted by Crippen LogP contribution is -2.16. The van der Waals surface area contributed by atoms with Crippen LogP contribution in [0.3, 0.4) is 0 Å². The number of anilines is 1. The van der Waals surface area contributed by atoms with E-state index in [-0.39, 0.29) is 0 Å². The average Bonchev–Trinajstić information content (AvgIpc) is 2.46. The van der Waals surface area contributed by atoms with Gasteiger partial charge in [0.15, 0.2) is 0 Å². The third-order valence-electron chi connectivity index (χ3n) is 3.35. The molecule has 1 N–H and O–H groups in total. The Morgan fingerprint density at radius 3 is 2.67 bits per heavy atom. The van der Waals surface area contributed by atoms with Gasteiger partial charge in [0.1, 0.15) is 0 Å². The Balaban J connectivity index is 2.18. The lowest BCUT2D eigenvalue weighted by Gasteiger charge is -2.21. The summed E-state index contributed by atoms with van der Waals surface area (Å²) < 4.78 is 0.896. The highest BCUT2D eigenvalue weighted by Gasteiger charge is 2.09. The molecule has 0 aliphatic rings. The highest BCUT2D eigenvalue weighted by atomic mass is 79.9. The maximum Gasteiger partial charge on any atom is 0.0991 e. The third kappa shape index (κ3) is 3.84. The summed E-state index contributed by atoms with van der Waals surface area (Å²) in [4.78, 5) is 2.10. The van der Waals surface area contributed by atoms with E-state index in [0.717, 1.165) is 27.8 Å². The predicted molar refractivity (Wildman–Crippen MR) is 88.0 cm³/mol. The van der Waals surface area contributed by atoms with E-state index in [1.807, 2.05) is 43.4 Å². The summed E-state index contributed by atoms with van der Waals surface area (Å²) in [6.45, 7) is 2.47. The maximum atomic E-state index is 9.65. The van der Waals surface area contributed by atoms with Gasteiger partial charge in [-0.1, -0.05) is 34.1 Å². The van der Waals surface area contributed by atoms with Crippen LogP contribution in [0.4, 0.5) is 5.69 Å². The number of rotatable bonds is 4. The zero-order chi connectivity index (χ0) is 15.4. The molecule has 0 saturated carbocycles. The van der Waals surface area contributed by atoms with Gasteiger partial charge in [-0.2, -0.15) is 5.26 Å². The number of aliphatic hydroxyl groups excluding tert-OH is 1. The lowest BCUT2D eigenvalue weighted by molar-refractivity contribution is 0.198. The van der Waals surface area contributed by atoms with Gasteiger partial charge < -0.3 is 10.0 Å². The van der Waals surface area contributed by atoms with E-state index in [9.17, 15) is 5.11 Å². The molecule has 0 aromatic heterocycles. The van der Waals surface area contributed by atoms with E-state index in [0.29, 0.717) is 5.56 Å². The number of aliphatic hydroxyl groups is 1. The molecule has 0 amide bonds. The van der Waals surface area contributed by atoms with Crippen molar-refractivity contribution in [3.05, 3.63) is 63.6 Å². The van der Waals surface area contributed by atoms with E-state index in [1.165, 1.54) is 0 Å². The van der Waals surface area contributed by atoms with Gasteiger partial charge in [0.2, 0.25) is 0 Å². The molecule has 2 rings (SSSR count). The first-order chi connectivity index (χ1) is 10.0. The van der Waals surface area contributed by atoms with Gasteiger partial charge in [0.05, 0.1) is 17.7 Å². The van der Waals surface area contributed by atoms with Crippen LogP contribution in [0.1, 0.15) is 29.7 Å². The molecule has 0 aliphatic heterocycles. The van der Waals surface area contributed by atoms with Gasteiger partial charge in [-0.15, -0.1) is 0 Å². The van der Waals surface area contributed by atoms with Crippen molar-refractivity contribution in [2.45, 2.75) is 19.6 Å². The van der Waals surface area contributed by atoms with Gasteiger partial charge in [0, 0.05) is 23.8 Å². The second-order valence-corrected chi connectivity index (χ2v) is 5.90. The highest BCUT2D eigenvalue weighted by molar-refractivity contribution is 9.10. The molecule has 0 unspecified atom stereocenters. The van der Waals surface area contributed by atoms with Crippen molar-refractivity contribution in [1.29, 1.82) is 5.26 Å². The molecule has 21 heavy (non-hydrogen) atoms. The Bertz CT molecular complexity index is 677. The molecule has 0 fully saturated rings. The molecule has 0 radical (unpaired) electrons. The monoisotopic (exact) mass is 344 g/mol. The minimum atomic E-state index is -0.494. The highest BCUT2D eigenvalue weighted by Crippen LogP contribution is 2.28. The maximum absolute atomic E-state index is 9.65. The zero-order valence-electron chi connectivity index (χ0n) is 12.0. The second kappa shape index (κ2) is 6.75. The van der Waals surface area contributed by atoms with Crippen LogP contribution in [-0.2, 0) is 6.54 Å². The summed E-state index contributed by atoms with van der Waals surface area (Å²) in [5.74, 6) is 0. The van der Waals surface area contributed by atoms with Crippen LogP contribution in [0.15, 0.2) is 46.9 Å². The summed E-state index contributed by atoms with van der Waals surface area (Å²) in [5.41, 5.74) is 3.69. The normalized spacial score (nSPS) is 11.8. The predicted octanol–water partition coefficient (Wildman–Crippen LogP) is 4.01. The Hall–Kier alpha value is -1.83. The van der Waals surface area contributed by atoms with E-state index in [1.54, 1.807) is 13.0 Å². The van der Waals surface area contributed by atoms with Crippen molar-refractivity contribution < 1.29 is 5.11 Å². The van der Waals surface area contributed by atoms with Gasteiger partial charge in [0.25, 0.3) is 0 Å². The van der Waals surface area contributed by atoms with E-state index in [4.69, 9.17) is 5.26 Å². The topological polar surface area (TPSA) is 47.3 Å². The summed E-state index contributed by atoms with van der Waals surface area (Å²) in [6.07, 6.45) is -0.494. The van der Waals surface area contributed by atoms with Crippen LogP contribution in [0.5, 0.6) is 0 Å². The summed E-state index contributed by atoms with van der Waals surface area (Å²) >= 11 is 3.49. The van der Waals surface area contributed by atoms with E-state index >= 15 is 0 Å². The lowest BCUT2D eigenvalue weighted by atomic mass is 10.1. The van der Waals surface area contributed by atoms with Crippen LogP contribution < -0.4 is 4.90 Å². The number of nitrogens with zero attached hydrogens (tertiary/aromatic N) is 2. The second-order valence-electron chi connectivity index (χ2n) is 5.05. The Labute approximate surface area is 133 Å². The molecule has 0 aliphatic carbocycles. The average molecular weight is 345 g/mol. The largest absolute Gasteiger partial charge is 0.389 e. The molecular formula is C17H17BrN2O. The summed E-state index contributed by atoms with van der Waals surface area (Å²) in [6, 6.07) is 15.7. The third-order valence-corrected chi connectivity index (χ3v) is 4.04. The van der Waals surface area contributed by atoms with Gasteiger partial charge >= 0.3 is 0 Å². The Morgan fingerprint density at radius 2 is 2.05 bits per heavy atom. The van der Waals surface area contributed by atoms with Crippen LogP contribution in [0, 0.1) is 11.3 Å². The number of halogens is 1. The van der Waals surface area contributed by atoms with Crippen molar-refractivity contribution in [3.63, 3.8) is 0 Å². The fourth-order valence-electron chi connectivity index (χ4n) is 2.20. The molecular weight excluding hydrogens is 328 g/mol. The van der Waals surface area contributed by atoms with Crippen molar-refractivity contribution >= 4 is 21.6 Å². The fourth-order valence-corrected chi connectivity index (χ4v) is 2.89. The number of hydrogen-bond acceptors (Lipinski definition) is 3. The van der Waals surface area contributed by atoms with Gasteiger partial charge in [-0.3, -0.25) is 0 Å². The van der Waals surface area contributed by atoms with E-state index < -0.39 is 6.10 Å². The van der Waals surface area contributed by atoms with Crippen LogP contribution in [-0.4, -0.2) is 12.2 Å². The fraction of sp³-hybridized carbons (Fsp3) is 0.235. The van der Waals surface area contributed by atoms with Gasteiger partial charge in [-0.25, -0.2) is 0 Å². The molecule has 3 nitrogen and oxygen atoms in total. The molecule has 0 saturated heterocycles. The first-order valence-electron chi connectivity index (χ1n) is 6.69.